The second-order valence-corrected chi connectivity index (χ2v) is 8.19. The maximum Gasteiger partial charge on any atom is 0.295 e. The molecular formula is C26H21FN6O4. The Morgan fingerprint density at radius 1 is 1.16 bits per heavy atom. The SMILES string of the molecule is C[C@H](N)CC(=O)Nc1cccc(-c2cc(-c3ccc(F)cc3O)nc(NC(=O)c3ccno3)c2C#N)c1. The van der Waals surface area contributed by atoms with E-state index in [4.69, 9.17) is 10.3 Å². The number of carbonyl (C=O) groups is 2. The Bertz CT molecular complexity index is 1510. The molecule has 2 aromatic carbocycles. The van der Waals surface area contributed by atoms with Crippen LogP contribution in [-0.4, -0.2) is 33.1 Å². The Labute approximate surface area is 210 Å². The Morgan fingerprint density at radius 3 is 2.65 bits per heavy atom. The number of nitrogens with two attached hydrogens (primary N) is 1. The lowest BCUT2D eigenvalue weighted by atomic mass is 9.97. The normalized spacial score (nSPS) is 11.4. The molecule has 186 valence electrons. The van der Waals surface area contributed by atoms with Gasteiger partial charge in [0.1, 0.15) is 23.2 Å². The lowest BCUT2D eigenvalue weighted by Gasteiger charge is -2.15. The lowest BCUT2D eigenvalue weighted by molar-refractivity contribution is -0.116. The van der Waals surface area contributed by atoms with Crippen LogP contribution in [0.5, 0.6) is 5.75 Å². The monoisotopic (exact) mass is 500 g/mol. The van der Waals surface area contributed by atoms with Gasteiger partial charge in [-0.15, -0.1) is 0 Å². The van der Waals surface area contributed by atoms with Crippen molar-refractivity contribution in [2.45, 2.75) is 19.4 Å². The van der Waals surface area contributed by atoms with Crippen LogP contribution < -0.4 is 16.4 Å². The predicted molar refractivity (Wildman–Crippen MR) is 133 cm³/mol. The average molecular weight is 500 g/mol. The van der Waals surface area contributed by atoms with E-state index >= 15 is 0 Å². The standard InChI is InChI=1S/C26H21FN6O4/c1-14(29)9-24(35)31-17-4-2-3-15(10-17)19-12-21(18-6-5-16(27)11-22(18)34)32-25(20(19)13-28)33-26(36)23-7-8-30-37-23/h2-8,10-12,14,34H,9,29H2,1H3,(H,31,35)(H,32,33,36)/t14-/m0/s1. The third kappa shape index (κ3) is 5.77. The summed E-state index contributed by atoms with van der Waals surface area (Å²) in [4.78, 5) is 29.2. The number of pyridine rings is 1. The van der Waals surface area contributed by atoms with Gasteiger partial charge >= 0.3 is 0 Å². The van der Waals surface area contributed by atoms with Gasteiger partial charge < -0.3 is 26.0 Å². The molecule has 1 atom stereocenters. The summed E-state index contributed by atoms with van der Waals surface area (Å²) < 4.78 is 18.5. The molecule has 0 spiro atoms. The highest BCUT2D eigenvalue weighted by Crippen LogP contribution is 2.36. The number of carbonyl (C=O) groups excluding carboxylic acids is 2. The highest BCUT2D eigenvalue weighted by molar-refractivity contribution is 6.03. The molecule has 5 N–H and O–H groups in total. The predicted octanol–water partition coefficient (Wildman–Crippen LogP) is 4.05. The van der Waals surface area contributed by atoms with E-state index in [1.165, 1.54) is 24.4 Å². The number of amides is 2. The van der Waals surface area contributed by atoms with Gasteiger partial charge in [0, 0.05) is 41.4 Å². The number of phenols is 1. The van der Waals surface area contributed by atoms with Crippen molar-refractivity contribution in [1.82, 2.24) is 10.1 Å². The number of nitriles is 1. The number of aromatic hydroxyl groups is 1. The van der Waals surface area contributed by atoms with E-state index in [1.54, 1.807) is 31.2 Å². The molecule has 2 amide bonds. The third-order valence-electron chi connectivity index (χ3n) is 5.23. The van der Waals surface area contributed by atoms with Gasteiger partial charge in [-0.2, -0.15) is 5.26 Å². The quantitative estimate of drug-likeness (QED) is 0.295. The Balaban J connectivity index is 1.84. The topological polar surface area (TPSA) is 167 Å². The summed E-state index contributed by atoms with van der Waals surface area (Å²) in [6, 6.07) is 14.7. The highest BCUT2D eigenvalue weighted by Gasteiger charge is 2.21. The maximum atomic E-state index is 13.6. The molecule has 0 aliphatic carbocycles. The van der Waals surface area contributed by atoms with E-state index in [-0.39, 0.29) is 52.5 Å². The molecule has 0 fully saturated rings. The fourth-order valence-corrected chi connectivity index (χ4v) is 3.61. The zero-order valence-corrected chi connectivity index (χ0v) is 19.5. The lowest BCUT2D eigenvalue weighted by Crippen LogP contribution is -2.23. The van der Waals surface area contributed by atoms with Crippen LogP contribution in [0.4, 0.5) is 15.9 Å². The van der Waals surface area contributed by atoms with Gasteiger partial charge in [-0.25, -0.2) is 9.37 Å². The summed E-state index contributed by atoms with van der Waals surface area (Å²) in [5.74, 6) is -2.24. The molecule has 0 saturated heterocycles. The first-order valence-corrected chi connectivity index (χ1v) is 11.1. The van der Waals surface area contributed by atoms with E-state index in [0.717, 1.165) is 12.1 Å². The van der Waals surface area contributed by atoms with Crippen molar-refractivity contribution in [1.29, 1.82) is 5.26 Å². The van der Waals surface area contributed by atoms with Gasteiger partial charge in [-0.05, 0) is 42.8 Å². The second-order valence-electron chi connectivity index (χ2n) is 8.19. The molecule has 0 aliphatic rings. The maximum absolute atomic E-state index is 13.6. The van der Waals surface area contributed by atoms with Crippen molar-refractivity contribution < 1.29 is 23.6 Å². The fraction of sp³-hybridized carbons (Fsp3) is 0.115. The number of halogens is 1. The fourth-order valence-electron chi connectivity index (χ4n) is 3.61. The first kappa shape index (κ1) is 25.0. The van der Waals surface area contributed by atoms with Gasteiger partial charge in [0.05, 0.1) is 11.9 Å². The molecule has 4 rings (SSSR count). The molecule has 0 bridgehead atoms. The molecule has 0 radical (unpaired) electrons. The van der Waals surface area contributed by atoms with E-state index < -0.39 is 11.7 Å². The Morgan fingerprint density at radius 2 is 1.97 bits per heavy atom. The molecule has 0 aliphatic heterocycles. The van der Waals surface area contributed by atoms with Crippen molar-refractivity contribution >= 4 is 23.3 Å². The van der Waals surface area contributed by atoms with E-state index in [9.17, 15) is 24.3 Å². The minimum atomic E-state index is -0.704. The van der Waals surface area contributed by atoms with Gasteiger partial charge in [-0.3, -0.25) is 9.59 Å². The molecule has 37 heavy (non-hydrogen) atoms. The van der Waals surface area contributed by atoms with Gasteiger partial charge in [0.15, 0.2) is 5.82 Å². The average Bonchev–Trinajstić information content (AvgIpc) is 3.38. The van der Waals surface area contributed by atoms with Crippen molar-refractivity contribution in [2.24, 2.45) is 5.73 Å². The zero-order chi connectivity index (χ0) is 26.5. The van der Waals surface area contributed by atoms with Crippen molar-refractivity contribution in [3.8, 4) is 34.2 Å². The number of anilines is 2. The van der Waals surface area contributed by atoms with E-state index in [2.05, 4.69) is 26.8 Å². The van der Waals surface area contributed by atoms with Crippen molar-refractivity contribution in [2.75, 3.05) is 10.6 Å². The van der Waals surface area contributed by atoms with Crippen molar-refractivity contribution in [3.05, 3.63) is 77.9 Å². The van der Waals surface area contributed by atoms with Crippen LogP contribution in [0.15, 0.2) is 65.3 Å². The summed E-state index contributed by atoms with van der Waals surface area (Å²) in [6.45, 7) is 1.72. The van der Waals surface area contributed by atoms with Crippen LogP contribution >= 0.6 is 0 Å². The number of nitrogens with one attached hydrogen (secondary N) is 2. The highest BCUT2D eigenvalue weighted by atomic mass is 19.1. The molecule has 0 unspecified atom stereocenters. The van der Waals surface area contributed by atoms with Crippen LogP contribution in [0.25, 0.3) is 22.4 Å². The Kier molecular flexibility index (Phi) is 7.22. The number of rotatable bonds is 7. The minimum absolute atomic E-state index is 0.0114. The first-order chi connectivity index (χ1) is 17.7. The van der Waals surface area contributed by atoms with Crippen LogP contribution in [0.2, 0.25) is 0 Å². The van der Waals surface area contributed by atoms with Gasteiger partial charge in [0.2, 0.25) is 11.7 Å². The molecule has 11 heteroatoms. The van der Waals surface area contributed by atoms with Crippen LogP contribution in [0.3, 0.4) is 0 Å². The number of hydrogen-bond acceptors (Lipinski definition) is 8. The number of hydrogen-bond donors (Lipinski definition) is 4. The van der Waals surface area contributed by atoms with Gasteiger partial charge in [-0.1, -0.05) is 17.3 Å². The number of benzene rings is 2. The molecular weight excluding hydrogens is 479 g/mol. The number of nitrogens with zero attached hydrogens (tertiary/aromatic N) is 3. The van der Waals surface area contributed by atoms with Crippen LogP contribution in [-0.2, 0) is 4.79 Å². The van der Waals surface area contributed by atoms with E-state index in [0.29, 0.717) is 16.8 Å². The van der Waals surface area contributed by atoms with E-state index in [1.807, 2.05) is 0 Å². The van der Waals surface area contributed by atoms with Crippen LogP contribution in [0, 0.1) is 17.1 Å². The number of aromatic nitrogens is 2. The molecule has 4 aromatic rings. The zero-order valence-electron chi connectivity index (χ0n) is 19.5. The molecule has 2 heterocycles. The minimum Gasteiger partial charge on any atom is -0.507 e. The number of phenolic OH excluding ortho intramolecular Hbond substituents is 1. The molecule has 2 aromatic heterocycles. The van der Waals surface area contributed by atoms with Gasteiger partial charge in [0.25, 0.3) is 5.91 Å². The second kappa shape index (κ2) is 10.7. The third-order valence-corrected chi connectivity index (χ3v) is 5.23. The summed E-state index contributed by atoms with van der Waals surface area (Å²) >= 11 is 0. The molecule has 0 saturated carbocycles. The summed E-state index contributed by atoms with van der Waals surface area (Å²) in [5, 5.41) is 29.2. The smallest absolute Gasteiger partial charge is 0.295 e. The largest absolute Gasteiger partial charge is 0.507 e. The van der Waals surface area contributed by atoms with Crippen molar-refractivity contribution in [3.63, 3.8) is 0 Å². The molecule has 10 nitrogen and oxygen atoms in total. The summed E-state index contributed by atoms with van der Waals surface area (Å²) in [5.41, 5.74) is 7.35. The summed E-state index contributed by atoms with van der Waals surface area (Å²) in [7, 11) is 0. The summed E-state index contributed by atoms with van der Waals surface area (Å²) in [6.07, 6.45) is 1.41. The first-order valence-electron chi connectivity index (χ1n) is 11.1. The Hall–Kier alpha value is -5.08. The van der Waals surface area contributed by atoms with Crippen LogP contribution in [0.1, 0.15) is 29.5 Å².